The molecule has 1 aromatic carbocycles. The fourth-order valence-electron chi connectivity index (χ4n) is 1.82. The highest BCUT2D eigenvalue weighted by Crippen LogP contribution is 2.23. The summed E-state index contributed by atoms with van der Waals surface area (Å²) in [5, 5.41) is 18.9. The largest absolute Gasteiger partial charge is 0.385 e. The first kappa shape index (κ1) is 15.1. The van der Waals surface area contributed by atoms with Crippen LogP contribution in [0.3, 0.4) is 0 Å². The molecule has 18 heavy (non-hydrogen) atoms. The van der Waals surface area contributed by atoms with Crippen LogP contribution in [0.25, 0.3) is 0 Å². The first-order chi connectivity index (χ1) is 8.68. The van der Waals surface area contributed by atoms with Gasteiger partial charge in [-0.25, -0.2) is 0 Å². The van der Waals surface area contributed by atoms with Crippen LogP contribution in [0.1, 0.15) is 26.3 Å². The van der Waals surface area contributed by atoms with E-state index < -0.39 is 18.5 Å². The van der Waals surface area contributed by atoms with Gasteiger partial charge in [-0.1, -0.05) is 44.2 Å². The Morgan fingerprint density at radius 3 is 2.28 bits per heavy atom. The lowest BCUT2D eigenvalue weighted by atomic mass is 10.1. The van der Waals surface area contributed by atoms with Crippen LogP contribution in [-0.2, 0) is 16.1 Å². The summed E-state index contributed by atoms with van der Waals surface area (Å²) in [5.74, 6) is 0. The lowest BCUT2D eigenvalue weighted by Crippen LogP contribution is -2.34. The highest BCUT2D eigenvalue weighted by Gasteiger charge is 2.41. The number of benzene rings is 1. The summed E-state index contributed by atoms with van der Waals surface area (Å²) in [6.45, 7) is 6.18. The van der Waals surface area contributed by atoms with Crippen molar-refractivity contribution in [2.75, 3.05) is 0 Å². The van der Waals surface area contributed by atoms with E-state index in [1.807, 2.05) is 44.2 Å². The maximum Gasteiger partial charge on any atom is 0.183 e. The van der Waals surface area contributed by atoms with E-state index in [4.69, 9.17) is 9.47 Å². The Hall–Kier alpha value is -0.940. The van der Waals surface area contributed by atoms with Crippen molar-refractivity contribution in [1.82, 2.24) is 0 Å². The minimum atomic E-state index is -1.14. The van der Waals surface area contributed by atoms with Crippen LogP contribution < -0.4 is 0 Å². The summed E-state index contributed by atoms with van der Waals surface area (Å²) in [5.41, 5.74) is 1.03. The Balaban J connectivity index is 0.000000771. The van der Waals surface area contributed by atoms with Crippen LogP contribution in [-0.4, -0.2) is 34.8 Å². The van der Waals surface area contributed by atoms with E-state index in [9.17, 15) is 10.2 Å². The maximum absolute atomic E-state index is 9.61. The molecule has 0 bridgehead atoms. The molecular formula is C14H22O4. The maximum atomic E-state index is 9.61. The van der Waals surface area contributed by atoms with E-state index in [1.54, 1.807) is 6.92 Å². The lowest BCUT2D eigenvalue weighted by molar-refractivity contribution is -0.124. The van der Waals surface area contributed by atoms with E-state index >= 15 is 0 Å². The van der Waals surface area contributed by atoms with Gasteiger partial charge in [-0.3, -0.25) is 0 Å². The van der Waals surface area contributed by atoms with Crippen LogP contribution in [0, 0.1) is 0 Å². The van der Waals surface area contributed by atoms with Gasteiger partial charge in [0.05, 0.1) is 12.7 Å². The molecule has 4 atom stereocenters. The van der Waals surface area contributed by atoms with Crippen molar-refractivity contribution in [1.29, 1.82) is 0 Å². The average molecular weight is 254 g/mol. The molecule has 1 heterocycles. The summed E-state index contributed by atoms with van der Waals surface area (Å²) >= 11 is 0. The second kappa shape index (κ2) is 7.48. The summed E-state index contributed by atoms with van der Waals surface area (Å²) in [4.78, 5) is 0. The molecule has 1 aliphatic heterocycles. The average Bonchev–Trinajstić information content (AvgIpc) is 2.65. The van der Waals surface area contributed by atoms with Crippen LogP contribution >= 0.6 is 0 Å². The Bertz CT molecular complexity index is 328. The highest BCUT2D eigenvalue weighted by molar-refractivity contribution is 5.13. The predicted octanol–water partition coefficient (Wildman–Crippen LogP) is 1.70. The smallest absolute Gasteiger partial charge is 0.183 e. The quantitative estimate of drug-likeness (QED) is 0.862. The molecule has 0 saturated carbocycles. The van der Waals surface area contributed by atoms with Gasteiger partial charge in [-0.15, -0.1) is 0 Å². The fourth-order valence-corrected chi connectivity index (χ4v) is 1.82. The minimum absolute atomic E-state index is 0.297. The van der Waals surface area contributed by atoms with Gasteiger partial charge >= 0.3 is 0 Å². The molecule has 4 unspecified atom stereocenters. The molecule has 2 rings (SSSR count). The Morgan fingerprint density at radius 1 is 1.17 bits per heavy atom. The van der Waals surface area contributed by atoms with Crippen molar-refractivity contribution in [3.8, 4) is 0 Å². The SMILES string of the molecule is CC.CC1OC(O)C(O)C1OCc1ccccc1. The third kappa shape index (κ3) is 3.78. The Morgan fingerprint density at radius 2 is 1.78 bits per heavy atom. The van der Waals surface area contributed by atoms with Gasteiger partial charge in [0.2, 0.25) is 0 Å². The minimum Gasteiger partial charge on any atom is -0.385 e. The third-order valence-corrected chi connectivity index (χ3v) is 2.73. The van der Waals surface area contributed by atoms with Crippen molar-refractivity contribution < 1.29 is 19.7 Å². The van der Waals surface area contributed by atoms with Crippen LogP contribution in [0.4, 0.5) is 0 Å². The fraction of sp³-hybridized carbons (Fsp3) is 0.571. The topological polar surface area (TPSA) is 58.9 Å². The lowest BCUT2D eigenvalue weighted by Gasteiger charge is -2.17. The monoisotopic (exact) mass is 254 g/mol. The molecule has 4 heteroatoms. The van der Waals surface area contributed by atoms with Gasteiger partial charge in [0.25, 0.3) is 0 Å². The van der Waals surface area contributed by atoms with Crippen molar-refractivity contribution in [2.45, 2.75) is 52.0 Å². The van der Waals surface area contributed by atoms with Crippen molar-refractivity contribution in [2.24, 2.45) is 0 Å². The summed E-state index contributed by atoms with van der Waals surface area (Å²) in [7, 11) is 0. The standard InChI is InChI=1S/C12H16O4.C2H6/c1-8-11(10(13)12(14)16-8)15-7-9-5-3-2-4-6-9;1-2/h2-6,8,10-14H,7H2,1H3;1-2H3. The van der Waals surface area contributed by atoms with Gasteiger partial charge in [-0.05, 0) is 12.5 Å². The van der Waals surface area contributed by atoms with Crippen molar-refractivity contribution in [3.63, 3.8) is 0 Å². The van der Waals surface area contributed by atoms with Gasteiger partial charge in [0, 0.05) is 0 Å². The molecule has 0 amide bonds. The van der Waals surface area contributed by atoms with Gasteiger partial charge in [-0.2, -0.15) is 0 Å². The Labute approximate surface area is 108 Å². The molecule has 0 spiro atoms. The molecule has 1 aromatic rings. The number of aliphatic hydroxyl groups is 2. The first-order valence-electron chi connectivity index (χ1n) is 6.35. The number of hydrogen-bond donors (Lipinski definition) is 2. The van der Waals surface area contributed by atoms with Crippen molar-refractivity contribution in [3.05, 3.63) is 35.9 Å². The zero-order valence-corrected chi connectivity index (χ0v) is 11.1. The zero-order valence-electron chi connectivity index (χ0n) is 11.1. The van der Waals surface area contributed by atoms with Gasteiger partial charge in [0.1, 0.15) is 12.2 Å². The second-order valence-corrected chi connectivity index (χ2v) is 3.98. The second-order valence-electron chi connectivity index (χ2n) is 3.98. The van der Waals surface area contributed by atoms with Gasteiger partial charge in [0.15, 0.2) is 6.29 Å². The van der Waals surface area contributed by atoms with E-state index in [0.717, 1.165) is 5.56 Å². The first-order valence-corrected chi connectivity index (χ1v) is 6.35. The zero-order chi connectivity index (χ0) is 13.5. The van der Waals surface area contributed by atoms with E-state index in [1.165, 1.54) is 0 Å². The predicted molar refractivity (Wildman–Crippen MR) is 68.9 cm³/mol. The van der Waals surface area contributed by atoms with Crippen molar-refractivity contribution >= 4 is 0 Å². The summed E-state index contributed by atoms with van der Waals surface area (Å²) in [6.07, 6.45) is -2.89. The number of ether oxygens (including phenoxy) is 2. The van der Waals surface area contributed by atoms with Gasteiger partial charge < -0.3 is 19.7 Å². The molecule has 1 aliphatic rings. The molecule has 0 aliphatic carbocycles. The normalized spacial score (nSPS) is 30.7. The summed E-state index contributed by atoms with van der Waals surface area (Å²) < 4.78 is 10.6. The molecule has 0 radical (unpaired) electrons. The molecule has 1 saturated heterocycles. The van der Waals surface area contributed by atoms with E-state index in [-0.39, 0.29) is 6.10 Å². The molecule has 0 aromatic heterocycles. The molecule has 4 nitrogen and oxygen atoms in total. The van der Waals surface area contributed by atoms with Crippen LogP contribution in [0.2, 0.25) is 0 Å². The molecule has 1 fully saturated rings. The van der Waals surface area contributed by atoms with E-state index in [2.05, 4.69) is 0 Å². The number of rotatable bonds is 3. The Kier molecular flexibility index (Phi) is 6.29. The number of aliphatic hydroxyl groups excluding tert-OH is 2. The third-order valence-electron chi connectivity index (χ3n) is 2.73. The van der Waals surface area contributed by atoms with Crippen LogP contribution in [0.15, 0.2) is 30.3 Å². The van der Waals surface area contributed by atoms with E-state index in [0.29, 0.717) is 6.61 Å². The van der Waals surface area contributed by atoms with Crippen LogP contribution in [0.5, 0.6) is 0 Å². The molecule has 2 N–H and O–H groups in total. The summed E-state index contributed by atoms with van der Waals surface area (Å²) in [6, 6.07) is 9.69. The number of hydrogen-bond acceptors (Lipinski definition) is 4. The highest BCUT2D eigenvalue weighted by atomic mass is 16.7. The molecular weight excluding hydrogens is 232 g/mol. The molecule has 102 valence electrons.